The lowest BCUT2D eigenvalue weighted by atomic mass is 10.1. The number of benzene rings is 1. The Labute approximate surface area is 106 Å². The van der Waals surface area contributed by atoms with Crippen LogP contribution in [0.3, 0.4) is 0 Å². The van der Waals surface area contributed by atoms with Gasteiger partial charge >= 0.3 is 6.18 Å². The molecule has 0 aliphatic rings. The van der Waals surface area contributed by atoms with Crippen LogP contribution in [0.4, 0.5) is 24.8 Å². The first kappa shape index (κ1) is 13.2. The number of hydrogen-bond acceptors (Lipinski definition) is 5. The summed E-state index contributed by atoms with van der Waals surface area (Å²) < 4.78 is 42.8. The van der Waals surface area contributed by atoms with E-state index in [1.54, 1.807) is 19.0 Å². The van der Waals surface area contributed by atoms with Crippen molar-refractivity contribution < 1.29 is 17.7 Å². The SMILES string of the molecule is CN(C)c1noc(-c2cc(C(F)(F)F)ccc2N)n1. The van der Waals surface area contributed by atoms with Crippen molar-refractivity contribution in [2.45, 2.75) is 6.18 Å². The van der Waals surface area contributed by atoms with Crippen molar-refractivity contribution in [1.82, 2.24) is 10.1 Å². The molecular weight excluding hydrogens is 261 g/mol. The summed E-state index contributed by atoms with van der Waals surface area (Å²) in [6, 6.07) is 2.96. The number of alkyl halides is 3. The number of halogens is 3. The summed E-state index contributed by atoms with van der Waals surface area (Å²) in [6.45, 7) is 0. The molecule has 0 unspecified atom stereocenters. The molecule has 2 aromatic rings. The van der Waals surface area contributed by atoms with Gasteiger partial charge in [-0.05, 0) is 23.4 Å². The molecule has 5 nitrogen and oxygen atoms in total. The van der Waals surface area contributed by atoms with Gasteiger partial charge in [0.1, 0.15) is 0 Å². The molecule has 1 aromatic heterocycles. The van der Waals surface area contributed by atoms with Gasteiger partial charge in [-0.1, -0.05) is 0 Å². The number of rotatable bonds is 2. The van der Waals surface area contributed by atoms with Gasteiger partial charge in [0.2, 0.25) is 0 Å². The Morgan fingerprint density at radius 3 is 2.47 bits per heavy atom. The molecule has 0 saturated heterocycles. The van der Waals surface area contributed by atoms with Crippen LogP contribution in [-0.2, 0) is 6.18 Å². The Bertz CT molecular complexity index is 592. The molecule has 19 heavy (non-hydrogen) atoms. The van der Waals surface area contributed by atoms with Crippen LogP contribution in [0.2, 0.25) is 0 Å². The monoisotopic (exact) mass is 272 g/mol. The van der Waals surface area contributed by atoms with E-state index in [1.807, 2.05) is 0 Å². The maximum atomic E-state index is 12.6. The minimum absolute atomic E-state index is 0.0488. The maximum Gasteiger partial charge on any atom is 0.416 e. The quantitative estimate of drug-likeness (QED) is 0.850. The highest BCUT2D eigenvalue weighted by Gasteiger charge is 2.31. The summed E-state index contributed by atoms with van der Waals surface area (Å²) in [4.78, 5) is 5.53. The fourth-order valence-corrected chi connectivity index (χ4v) is 1.42. The molecule has 0 radical (unpaired) electrons. The third-order valence-electron chi connectivity index (χ3n) is 2.43. The van der Waals surface area contributed by atoms with Crippen molar-refractivity contribution in [2.24, 2.45) is 0 Å². The summed E-state index contributed by atoms with van der Waals surface area (Å²) in [5, 5.41) is 3.63. The first-order chi connectivity index (χ1) is 8.79. The van der Waals surface area contributed by atoms with Crippen LogP contribution >= 0.6 is 0 Å². The van der Waals surface area contributed by atoms with E-state index >= 15 is 0 Å². The summed E-state index contributed by atoms with van der Waals surface area (Å²) in [7, 11) is 3.37. The second-order valence-corrected chi connectivity index (χ2v) is 4.09. The van der Waals surface area contributed by atoms with Crippen molar-refractivity contribution in [3.8, 4) is 11.5 Å². The average molecular weight is 272 g/mol. The van der Waals surface area contributed by atoms with Crippen LogP contribution in [-0.4, -0.2) is 24.2 Å². The molecule has 0 amide bonds. The molecule has 0 atom stereocenters. The van der Waals surface area contributed by atoms with Gasteiger partial charge in [-0.15, -0.1) is 0 Å². The van der Waals surface area contributed by atoms with Crippen LogP contribution in [0, 0.1) is 0 Å². The molecule has 8 heteroatoms. The standard InChI is InChI=1S/C11H11F3N4O/c1-18(2)10-16-9(19-17-10)7-5-6(11(12,13)14)3-4-8(7)15/h3-5H,15H2,1-2H3. The number of nitrogen functional groups attached to an aromatic ring is 1. The number of aromatic nitrogens is 2. The second-order valence-electron chi connectivity index (χ2n) is 4.09. The van der Waals surface area contributed by atoms with Crippen molar-refractivity contribution in [3.63, 3.8) is 0 Å². The van der Waals surface area contributed by atoms with Gasteiger partial charge in [0.05, 0.1) is 11.1 Å². The Kier molecular flexibility index (Phi) is 3.09. The van der Waals surface area contributed by atoms with Crippen LogP contribution < -0.4 is 10.6 Å². The molecule has 0 aliphatic heterocycles. The molecule has 102 valence electrons. The van der Waals surface area contributed by atoms with Gasteiger partial charge in [0.25, 0.3) is 11.8 Å². The zero-order valence-corrected chi connectivity index (χ0v) is 10.2. The lowest BCUT2D eigenvalue weighted by Gasteiger charge is -2.08. The van der Waals surface area contributed by atoms with Crippen LogP contribution in [0.5, 0.6) is 0 Å². The minimum Gasteiger partial charge on any atom is -0.398 e. The van der Waals surface area contributed by atoms with E-state index in [4.69, 9.17) is 10.3 Å². The van der Waals surface area contributed by atoms with E-state index in [2.05, 4.69) is 10.1 Å². The van der Waals surface area contributed by atoms with E-state index < -0.39 is 11.7 Å². The summed E-state index contributed by atoms with van der Waals surface area (Å²) in [6.07, 6.45) is -4.45. The van der Waals surface area contributed by atoms with Crippen molar-refractivity contribution >= 4 is 11.6 Å². The molecule has 1 aromatic carbocycles. The fourth-order valence-electron chi connectivity index (χ4n) is 1.42. The molecule has 0 bridgehead atoms. The van der Waals surface area contributed by atoms with E-state index in [0.717, 1.165) is 18.2 Å². The number of anilines is 2. The Morgan fingerprint density at radius 2 is 1.95 bits per heavy atom. The van der Waals surface area contributed by atoms with Crippen molar-refractivity contribution in [1.29, 1.82) is 0 Å². The molecule has 2 N–H and O–H groups in total. The minimum atomic E-state index is -4.45. The normalized spacial score (nSPS) is 11.6. The molecule has 0 spiro atoms. The van der Waals surface area contributed by atoms with E-state index in [-0.39, 0.29) is 23.1 Å². The van der Waals surface area contributed by atoms with Crippen molar-refractivity contribution in [2.75, 3.05) is 24.7 Å². The number of nitrogens with two attached hydrogens (primary N) is 1. The van der Waals surface area contributed by atoms with E-state index in [9.17, 15) is 13.2 Å². The smallest absolute Gasteiger partial charge is 0.398 e. The largest absolute Gasteiger partial charge is 0.416 e. The van der Waals surface area contributed by atoms with Gasteiger partial charge in [0, 0.05) is 19.8 Å². The Morgan fingerprint density at radius 1 is 1.26 bits per heavy atom. The highest BCUT2D eigenvalue weighted by Crippen LogP contribution is 2.34. The van der Waals surface area contributed by atoms with Crippen molar-refractivity contribution in [3.05, 3.63) is 23.8 Å². The highest BCUT2D eigenvalue weighted by molar-refractivity contribution is 5.71. The zero-order valence-electron chi connectivity index (χ0n) is 10.2. The van der Waals surface area contributed by atoms with Gasteiger partial charge in [-0.3, -0.25) is 0 Å². The lowest BCUT2D eigenvalue weighted by Crippen LogP contribution is -2.10. The molecule has 0 fully saturated rings. The molecule has 2 rings (SSSR count). The van der Waals surface area contributed by atoms with E-state index in [0.29, 0.717) is 0 Å². The second kappa shape index (κ2) is 4.45. The molecule has 0 saturated carbocycles. The number of nitrogens with zero attached hydrogens (tertiary/aromatic N) is 3. The van der Waals surface area contributed by atoms with Gasteiger partial charge in [-0.2, -0.15) is 18.2 Å². The topological polar surface area (TPSA) is 68.2 Å². The maximum absolute atomic E-state index is 12.6. The van der Waals surface area contributed by atoms with Crippen LogP contribution in [0.1, 0.15) is 5.56 Å². The van der Waals surface area contributed by atoms with E-state index in [1.165, 1.54) is 0 Å². The zero-order chi connectivity index (χ0) is 14.2. The van der Waals surface area contributed by atoms with Gasteiger partial charge in [0.15, 0.2) is 0 Å². The average Bonchev–Trinajstić information content (AvgIpc) is 2.77. The summed E-state index contributed by atoms with van der Waals surface area (Å²) in [5.74, 6) is 0.208. The lowest BCUT2D eigenvalue weighted by molar-refractivity contribution is -0.137. The third-order valence-corrected chi connectivity index (χ3v) is 2.43. The number of hydrogen-bond donors (Lipinski definition) is 1. The highest BCUT2D eigenvalue weighted by atomic mass is 19.4. The third kappa shape index (κ3) is 2.61. The van der Waals surface area contributed by atoms with Gasteiger partial charge < -0.3 is 15.2 Å². The molecule has 0 aliphatic carbocycles. The fraction of sp³-hybridized carbons (Fsp3) is 0.273. The first-order valence-electron chi connectivity index (χ1n) is 5.27. The Balaban J connectivity index is 2.48. The van der Waals surface area contributed by atoms with Crippen LogP contribution in [0.15, 0.2) is 22.7 Å². The molecular formula is C11H11F3N4O. The predicted molar refractivity (Wildman–Crippen MR) is 63.5 cm³/mol. The first-order valence-corrected chi connectivity index (χ1v) is 5.27. The van der Waals surface area contributed by atoms with Crippen LogP contribution in [0.25, 0.3) is 11.5 Å². The summed E-state index contributed by atoms with van der Waals surface area (Å²) >= 11 is 0. The molecule has 1 heterocycles. The summed E-state index contributed by atoms with van der Waals surface area (Å²) in [5.41, 5.74) is 5.03. The predicted octanol–water partition coefficient (Wildman–Crippen LogP) is 2.40. The van der Waals surface area contributed by atoms with Gasteiger partial charge in [-0.25, -0.2) is 0 Å². The Hall–Kier alpha value is -2.25.